The van der Waals surface area contributed by atoms with E-state index in [0.717, 1.165) is 25.0 Å². The molecule has 0 aliphatic heterocycles. The van der Waals surface area contributed by atoms with Gasteiger partial charge in [0.2, 0.25) is 5.96 Å². The summed E-state index contributed by atoms with van der Waals surface area (Å²) in [5, 5.41) is 19.4. The maximum Gasteiger partial charge on any atom is 0.418 e. The Balaban J connectivity index is 1.57. The Morgan fingerprint density at radius 2 is 1.67 bits per heavy atom. The number of nitrogens with zero attached hydrogens (tertiary/aromatic N) is 3. The summed E-state index contributed by atoms with van der Waals surface area (Å²) in [6.07, 6.45) is 1.13. The van der Waals surface area contributed by atoms with E-state index in [4.69, 9.17) is 11.1 Å². The molecular weight excluding hydrogens is 561 g/mol. The van der Waals surface area contributed by atoms with Crippen LogP contribution in [0.2, 0.25) is 0 Å². The van der Waals surface area contributed by atoms with Crippen molar-refractivity contribution in [3.63, 3.8) is 0 Å². The molecule has 1 aliphatic rings. The van der Waals surface area contributed by atoms with Crippen LogP contribution in [0.1, 0.15) is 65.1 Å². The Hall–Kier alpha value is -4.94. The number of guanidine groups is 1. The van der Waals surface area contributed by atoms with Crippen LogP contribution in [0.15, 0.2) is 77.1 Å². The highest BCUT2D eigenvalue weighted by atomic mass is 19.4. The predicted molar refractivity (Wildman–Crippen MR) is 159 cm³/mol. The summed E-state index contributed by atoms with van der Waals surface area (Å²) in [4.78, 5) is 27.4. The van der Waals surface area contributed by atoms with Crippen LogP contribution >= 0.6 is 0 Å². The summed E-state index contributed by atoms with van der Waals surface area (Å²) in [6.45, 7) is 0.0593. The number of anilines is 3. The summed E-state index contributed by atoms with van der Waals surface area (Å²) >= 11 is 0. The maximum atomic E-state index is 13.5. The first-order chi connectivity index (χ1) is 20.5. The normalized spacial score (nSPS) is 13.9. The van der Waals surface area contributed by atoms with Crippen LogP contribution < -0.4 is 26.7 Å². The molecule has 1 aliphatic carbocycles. The van der Waals surface area contributed by atoms with Crippen molar-refractivity contribution in [3.8, 4) is 0 Å². The molecule has 0 saturated heterocycles. The molecule has 6 N–H and O–H groups in total. The van der Waals surface area contributed by atoms with Gasteiger partial charge in [0.25, 0.3) is 5.91 Å². The van der Waals surface area contributed by atoms with Crippen LogP contribution in [-0.2, 0) is 12.7 Å². The van der Waals surface area contributed by atoms with E-state index in [1.807, 2.05) is 24.3 Å². The summed E-state index contributed by atoms with van der Waals surface area (Å²) in [7, 11) is 1.50. The highest BCUT2D eigenvalue weighted by molar-refractivity contribution is 6.05. The molecule has 43 heavy (non-hydrogen) atoms. The summed E-state index contributed by atoms with van der Waals surface area (Å²) in [5.74, 6) is -0.553. The van der Waals surface area contributed by atoms with Crippen LogP contribution in [0, 0.1) is 5.41 Å². The van der Waals surface area contributed by atoms with Gasteiger partial charge in [-0.3, -0.25) is 25.8 Å². The average molecular weight is 595 g/mol. The van der Waals surface area contributed by atoms with E-state index in [1.54, 1.807) is 12.1 Å². The number of hydrogen-bond donors (Lipinski definition) is 5. The first-order valence-electron chi connectivity index (χ1n) is 13.8. The molecule has 1 saturated carbocycles. The zero-order valence-corrected chi connectivity index (χ0v) is 23.5. The van der Waals surface area contributed by atoms with E-state index < -0.39 is 35.3 Å². The van der Waals surface area contributed by atoms with E-state index in [0.29, 0.717) is 17.2 Å². The fourth-order valence-corrected chi connectivity index (χ4v) is 4.96. The second-order valence-corrected chi connectivity index (χ2v) is 10.2. The third kappa shape index (κ3) is 8.31. The minimum Gasteiger partial charge on any atom is -0.398 e. The van der Waals surface area contributed by atoms with E-state index >= 15 is 0 Å². The number of urea groups is 1. The lowest BCUT2D eigenvalue weighted by Gasteiger charge is -2.26. The largest absolute Gasteiger partial charge is 0.418 e. The monoisotopic (exact) mass is 594 g/mol. The van der Waals surface area contributed by atoms with Crippen LogP contribution in [0.3, 0.4) is 0 Å². The number of carbonyl (C=O) groups excluding carboxylic acids is 2. The molecule has 10 nitrogen and oxygen atoms in total. The highest BCUT2D eigenvalue weighted by Gasteiger charge is 2.33. The fraction of sp³-hybridized carbons (Fsp3) is 0.300. The number of carbonyl (C=O) groups is 2. The molecular formula is C30H33F3N8O2. The lowest BCUT2D eigenvalue weighted by Crippen LogP contribution is -2.34. The molecule has 3 aromatic rings. The van der Waals surface area contributed by atoms with Crippen molar-refractivity contribution < 1.29 is 22.8 Å². The van der Waals surface area contributed by atoms with Gasteiger partial charge in [-0.2, -0.15) is 13.2 Å². The molecule has 226 valence electrons. The first kappa shape index (κ1) is 31.0. The number of nitrogen functional groups attached to an aromatic ring is 1. The number of nitrogens with two attached hydrogens (primary N) is 1. The van der Waals surface area contributed by atoms with E-state index in [1.165, 1.54) is 55.0 Å². The van der Waals surface area contributed by atoms with Crippen molar-refractivity contribution in [2.45, 2.75) is 50.7 Å². The summed E-state index contributed by atoms with van der Waals surface area (Å²) < 4.78 is 40.3. The highest BCUT2D eigenvalue weighted by Crippen LogP contribution is 2.36. The van der Waals surface area contributed by atoms with Crippen molar-refractivity contribution in [2.24, 2.45) is 10.3 Å². The molecule has 3 amide bonds. The first-order valence-corrected chi connectivity index (χ1v) is 13.8. The number of benzene rings is 3. The minimum atomic E-state index is -4.68. The van der Waals surface area contributed by atoms with Gasteiger partial charge in [0.1, 0.15) is 0 Å². The molecule has 0 atom stereocenters. The van der Waals surface area contributed by atoms with Crippen LogP contribution in [-0.4, -0.2) is 24.9 Å². The fourth-order valence-electron chi connectivity index (χ4n) is 4.96. The molecule has 0 spiro atoms. The number of rotatable bonds is 7. The average Bonchev–Trinajstić information content (AvgIpc) is 3.00. The summed E-state index contributed by atoms with van der Waals surface area (Å²) in [6, 6.07) is 16.6. The molecule has 0 radical (unpaired) electrons. The molecule has 0 aromatic heterocycles. The van der Waals surface area contributed by atoms with Gasteiger partial charge in [-0.1, -0.05) is 53.9 Å². The zero-order valence-electron chi connectivity index (χ0n) is 23.5. The molecule has 4 rings (SSSR count). The van der Waals surface area contributed by atoms with Crippen molar-refractivity contribution in [2.75, 3.05) is 23.0 Å². The van der Waals surface area contributed by atoms with Crippen LogP contribution in [0.4, 0.5) is 35.0 Å². The van der Waals surface area contributed by atoms with Gasteiger partial charge < -0.3 is 11.1 Å². The van der Waals surface area contributed by atoms with Crippen LogP contribution in [0.25, 0.3) is 0 Å². The maximum absolute atomic E-state index is 13.5. The van der Waals surface area contributed by atoms with E-state index in [9.17, 15) is 22.8 Å². The molecule has 13 heteroatoms. The van der Waals surface area contributed by atoms with Gasteiger partial charge in [-0.25, -0.2) is 4.79 Å². The van der Waals surface area contributed by atoms with Gasteiger partial charge >= 0.3 is 12.2 Å². The third-order valence-electron chi connectivity index (χ3n) is 7.18. The van der Waals surface area contributed by atoms with Crippen LogP contribution in [0.5, 0.6) is 0 Å². The van der Waals surface area contributed by atoms with E-state index in [2.05, 4.69) is 26.4 Å². The second kappa shape index (κ2) is 13.8. The van der Waals surface area contributed by atoms with Gasteiger partial charge in [-0.15, -0.1) is 0 Å². The van der Waals surface area contributed by atoms with Crippen molar-refractivity contribution in [1.29, 1.82) is 5.41 Å². The molecule has 0 bridgehead atoms. The minimum absolute atomic E-state index is 0.0553. The van der Waals surface area contributed by atoms with Crippen molar-refractivity contribution in [3.05, 3.63) is 89.0 Å². The zero-order chi connectivity index (χ0) is 31.0. The lowest BCUT2D eigenvalue weighted by molar-refractivity contribution is -0.136. The Bertz CT molecular complexity index is 1470. The third-order valence-corrected chi connectivity index (χ3v) is 7.18. The quantitative estimate of drug-likeness (QED) is 0.0671. The smallest absolute Gasteiger partial charge is 0.398 e. The topological polar surface area (TPSA) is 148 Å². The number of hydrogen-bond acceptors (Lipinski definition) is 5. The molecule has 0 unspecified atom stereocenters. The standard InChI is InChI=1S/C30H33F3N8O2/c1-36-40-39-28(35)38-27(42)22-9-7-19(8-10-22)18-41(24-14-11-21(12-15-24)20-5-3-2-4-6-20)29(43)37-23-13-16-26(34)25(17-23)30(31,32)33/h7-17,20H,2-6,18,34H2,1H3,(H,37,43)(H3,35,36,38,39,42). The molecule has 3 aromatic carbocycles. The Kier molecular flexibility index (Phi) is 9.96. The molecule has 1 fully saturated rings. The van der Waals surface area contributed by atoms with Gasteiger partial charge in [0.05, 0.1) is 12.1 Å². The van der Waals surface area contributed by atoms with Crippen molar-refractivity contribution in [1.82, 2.24) is 10.7 Å². The second-order valence-electron chi connectivity index (χ2n) is 10.2. The predicted octanol–water partition coefficient (Wildman–Crippen LogP) is 6.83. The number of alkyl halides is 3. The van der Waals surface area contributed by atoms with E-state index in [-0.39, 0.29) is 17.8 Å². The number of nitrogens with one attached hydrogen (secondary N) is 4. The molecule has 0 heterocycles. The number of amides is 3. The van der Waals surface area contributed by atoms with Gasteiger partial charge in [0.15, 0.2) is 0 Å². The van der Waals surface area contributed by atoms with Crippen molar-refractivity contribution >= 4 is 35.0 Å². The Labute approximate surface area is 247 Å². The Morgan fingerprint density at radius 1 is 1.00 bits per heavy atom. The summed E-state index contributed by atoms with van der Waals surface area (Å²) in [5.41, 5.74) is 9.01. The Morgan fingerprint density at radius 3 is 2.30 bits per heavy atom. The van der Waals surface area contributed by atoms with Gasteiger partial charge in [0, 0.05) is 29.7 Å². The van der Waals surface area contributed by atoms with Gasteiger partial charge in [-0.05, 0) is 72.4 Å². The number of halogens is 3. The lowest BCUT2D eigenvalue weighted by atomic mass is 9.84. The SMILES string of the molecule is CN/N=N\C(=N)NC(=O)c1ccc(CN(C(=O)Nc2ccc(N)c(C(F)(F)F)c2)c2ccc(C3CCCCC3)cc2)cc1.